The van der Waals surface area contributed by atoms with E-state index in [1.54, 1.807) is 11.8 Å². The first-order chi connectivity index (χ1) is 9.24. The number of hydrogen-bond donors (Lipinski definition) is 0. The van der Waals surface area contributed by atoms with Crippen LogP contribution >= 0.6 is 0 Å². The smallest absolute Gasteiger partial charge is 0.410 e. The lowest BCUT2D eigenvalue weighted by molar-refractivity contribution is -0.297. The monoisotopic (exact) mass is 287 g/mol. The number of rotatable bonds is 4. The molecule has 2 atom stereocenters. The highest BCUT2D eigenvalue weighted by molar-refractivity contribution is 5.84. The largest absolute Gasteiger partial charge is 0.444 e. The first kappa shape index (κ1) is 16.9. The molecule has 6 nitrogen and oxygen atoms in total. The molecule has 0 aromatic heterocycles. The zero-order valence-electron chi connectivity index (χ0n) is 13.0. The van der Waals surface area contributed by atoms with Gasteiger partial charge in [-0.1, -0.05) is 0 Å². The summed E-state index contributed by atoms with van der Waals surface area (Å²) in [6, 6.07) is -0.152. The van der Waals surface area contributed by atoms with Crippen molar-refractivity contribution >= 4 is 11.9 Å². The van der Waals surface area contributed by atoms with E-state index in [1.807, 2.05) is 27.7 Å². The van der Waals surface area contributed by atoms with E-state index in [4.69, 9.17) is 14.5 Å². The van der Waals surface area contributed by atoms with Crippen molar-refractivity contribution in [1.29, 1.82) is 0 Å². The minimum Gasteiger partial charge on any atom is -0.444 e. The Morgan fingerprint density at radius 1 is 1.35 bits per heavy atom. The maximum absolute atomic E-state index is 12.1. The second-order valence-corrected chi connectivity index (χ2v) is 6.04. The van der Waals surface area contributed by atoms with Crippen LogP contribution in [0.5, 0.6) is 0 Å². The van der Waals surface area contributed by atoms with Gasteiger partial charge in [0.1, 0.15) is 11.4 Å². The Morgan fingerprint density at radius 3 is 2.55 bits per heavy atom. The molecule has 0 aromatic rings. The summed E-state index contributed by atoms with van der Waals surface area (Å²) in [5.74, 6) is -0.262. The summed E-state index contributed by atoms with van der Waals surface area (Å²) in [6.07, 6.45) is -0.0711. The summed E-state index contributed by atoms with van der Waals surface area (Å²) in [7, 11) is 0. The summed E-state index contributed by atoms with van der Waals surface area (Å²) in [5, 5.41) is 0. The molecule has 0 spiro atoms. The number of hydrogen-bond acceptors (Lipinski definition) is 5. The van der Waals surface area contributed by atoms with Crippen LogP contribution in [-0.2, 0) is 19.3 Å². The van der Waals surface area contributed by atoms with Crippen LogP contribution in [0.25, 0.3) is 0 Å². The lowest BCUT2D eigenvalue weighted by Crippen LogP contribution is -2.51. The molecule has 20 heavy (non-hydrogen) atoms. The van der Waals surface area contributed by atoms with Crippen LogP contribution < -0.4 is 0 Å². The molecule has 2 unspecified atom stereocenters. The Bertz CT molecular complexity index is 350. The van der Waals surface area contributed by atoms with Gasteiger partial charge in [0.15, 0.2) is 0 Å². The molecule has 1 saturated heterocycles. The second-order valence-electron chi connectivity index (χ2n) is 6.04. The van der Waals surface area contributed by atoms with E-state index in [-0.39, 0.29) is 30.4 Å². The van der Waals surface area contributed by atoms with Crippen LogP contribution in [0.1, 0.15) is 41.0 Å². The number of nitrogens with zero attached hydrogens (tertiary/aromatic N) is 1. The van der Waals surface area contributed by atoms with Gasteiger partial charge >= 0.3 is 6.09 Å². The van der Waals surface area contributed by atoms with E-state index in [0.717, 1.165) is 0 Å². The molecule has 1 fully saturated rings. The van der Waals surface area contributed by atoms with Crippen LogP contribution in [-0.4, -0.2) is 48.2 Å². The Hall–Kier alpha value is -1.14. The van der Waals surface area contributed by atoms with Gasteiger partial charge in [0.05, 0.1) is 19.1 Å². The number of ether oxygens (including phenoxy) is 1. The molecule has 1 aliphatic heterocycles. The van der Waals surface area contributed by atoms with Crippen LogP contribution in [0.4, 0.5) is 4.79 Å². The average Bonchev–Trinajstić information content (AvgIpc) is 2.29. The minimum absolute atomic E-state index is 0.0945. The van der Waals surface area contributed by atoms with Crippen molar-refractivity contribution in [3.05, 3.63) is 0 Å². The fraction of sp³-hybridized carbons (Fsp3) is 0.857. The first-order valence-electron chi connectivity index (χ1n) is 7.01. The van der Waals surface area contributed by atoms with Crippen LogP contribution in [0.15, 0.2) is 0 Å². The highest BCUT2D eigenvalue weighted by Gasteiger charge is 2.36. The summed E-state index contributed by atoms with van der Waals surface area (Å²) >= 11 is 0. The van der Waals surface area contributed by atoms with Gasteiger partial charge in [0.25, 0.3) is 0 Å². The lowest BCUT2D eigenvalue weighted by Gasteiger charge is -2.37. The Kier molecular flexibility index (Phi) is 5.95. The molecule has 0 bridgehead atoms. The van der Waals surface area contributed by atoms with Gasteiger partial charge in [-0.2, -0.15) is 0 Å². The molecule has 1 rings (SSSR count). The molecular formula is C14H25NO5. The van der Waals surface area contributed by atoms with E-state index in [1.165, 1.54) is 0 Å². The van der Waals surface area contributed by atoms with Crippen LogP contribution in [0.2, 0.25) is 0 Å². The van der Waals surface area contributed by atoms with Crippen molar-refractivity contribution in [2.45, 2.75) is 52.7 Å². The molecule has 0 N–H and O–H groups in total. The molecule has 116 valence electrons. The van der Waals surface area contributed by atoms with Gasteiger partial charge in [-0.25, -0.2) is 14.6 Å². The zero-order valence-corrected chi connectivity index (χ0v) is 13.0. The summed E-state index contributed by atoms with van der Waals surface area (Å²) in [5.41, 5.74) is -0.546. The number of piperidine rings is 1. The molecule has 6 heteroatoms. The Balaban J connectivity index is 2.62. The SMILES string of the molecule is CCOOCC1CN(C(=O)OC(C)(C)C)C(C)CC1=O. The number of amides is 1. The average molecular weight is 287 g/mol. The Morgan fingerprint density at radius 2 is 2.00 bits per heavy atom. The predicted molar refractivity (Wildman–Crippen MR) is 73.1 cm³/mol. The van der Waals surface area contributed by atoms with Gasteiger partial charge in [0.2, 0.25) is 0 Å². The summed E-state index contributed by atoms with van der Waals surface area (Å²) in [6.45, 7) is 10.0. The van der Waals surface area contributed by atoms with E-state index in [2.05, 4.69) is 0 Å². The number of carbonyl (C=O) groups is 2. The molecule has 1 heterocycles. The third-order valence-corrected chi connectivity index (χ3v) is 3.00. The number of ketones is 1. The van der Waals surface area contributed by atoms with Crippen molar-refractivity contribution < 1.29 is 24.1 Å². The molecule has 1 amide bonds. The minimum atomic E-state index is -0.546. The molecule has 0 aliphatic carbocycles. The molecule has 0 aromatic carbocycles. The third-order valence-electron chi connectivity index (χ3n) is 3.00. The predicted octanol–water partition coefficient (Wildman–Crippen LogP) is 2.17. The van der Waals surface area contributed by atoms with Crippen LogP contribution in [0, 0.1) is 5.92 Å². The topological polar surface area (TPSA) is 65.1 Å². The third kappa shape index (κ3) is 5.09. The molecule has 1 aliphatic rings. The number of carbonyl (C=O) groups excluding carboxylic acids is 2. The van der Waals surface area contributed by atoms with Crippen molar-refractivity contribution in [2.75, 3.05) is 19.8 Å². The van der Waals surface area contributed by atoms with Gasteiger partial charge in [-0.05, 0) is 34.6 Å². The maximum Gasteiger partial charge on any atom is 0.410 e. The molecule has 0 saturated carbocycles. The van der Waals surface area contributed by atoms with E-state index < -0.39 is 5.60 Å². The number of likely N-dealkylation sites (tertiary alicyclic amines) is 1. The Labute approximate surface area is 120 Å². The molecular weight excluding hydrogens is 262 g/mol. The van der Waals surface area contributed by atoms with Crippen molar-refractivity contribution in [2.24, 2.45) is 5.92 Å². The summed E-state index contributed by atoms with van der Waals surface area (Å²) < 4.78 is 5.36. The first-order valence-corrected chi connectivity index (χ1v) is 7.01. The van der Waals surface area contributed by atoms with E-state index in [0.29, 0.717) is 19.6 Å². The van der Waals surface area contributed by atoms with E-state index in [9.17, 15) is 9.59 Å². The standard InChI is InChI=1S/C14H25NO5/c1-6-18-19-9-11-8-15(10(2)7-12(11)16)13(17)20-14(3,4)5/h10-11H,6-9H2,1-5H3. The van der Waals surface area contributed by atoms with Crippen LogP contribution in [0.3, 0.4) is 0 Å². The fourth-order valence-electron chi connectivity index (χ4n) is 2.02. The highest BCUT2D eigenvalue weighted by atomic mass is 17.2. The van der Waals surface area contributed by atoms with Gasteiger partial charge in [0, 0.05) is 19.0 Å². The lowest BCUT2D eigenvalue weighted by atomic mass is 9.93. The molecule has 0 radical (unpaired) electrons. The fourth-order valence-corrected chi connectivity index (χ4v) is 2.02. The van der Waals surface area contributed by atoms with Gasteiger partial charge < -0.3 is 9.64 Å². The second kappa shape index (κ2) is 7.04. The summed E-state index contributed by atoms with van der Waals surface area (Å²) in [4.78, 5) is 35.4. The van der Waals surface area contributed by atoms with E-state index >= 15 is 0 Å². The highest BCUT2D eigenvalue weighted by Crippen LogP contribution is 2.22. The van der Waals surface area contributed by atoms with Crippen molar-refractivity contribution in [3.63, 3.8) is 0 Å². The maximum atomic E-state index is 12.1. The zero-order chi connectivity index (χ0) is 15.3. The van der Waals surface area contributed by atoms with Gasteiger partial charge in [-0.3, -0.25) is 4.79 Å². The van der Waals surface area contributed by atoms with Gasteiger partial charge in [-0.15, -0.1) is 0 Å². The number of Topliss-reactive ketones (excluding diaryl/α,β-unsaturated/α-hetero) is 1. The normalized spacial score (nSPS) is 23.9. The van der Waals surface area contributed by atoms with Crippen molar-refractivity contribution in [3.8, 4) is 0 Å². The van der Waals surface area contributed by atoms with Crippen molar-refractivity contribution in [1.82, 2.24) is 4.90 Å². The quantitative estimate of drug-likeness (QED) is 0.450.